The Hall–Kier alpha value is -0.196. The van der Waals surface area contributed by atoms with Crippen molar-refractivity contribution in [3.63, 3.8) is 0 Å². The predicted molar refractivity (Wildman–Crippen MR) is 110 cm³/mol. The third-order valence-corrected chi connectivity index (χ3v) is 18.7. The van der Waals surface area contributed by atoms with E-state index in [1.54, 1.807) is 0 Å². The molecule has 0 atom stereocenters. The lowest BCUT2D eigenvalue weighted by atomic mass is 10.2. The van der Waals surface area contributed by atoms with Crippen LogP contribution in [-0.2, 0) is 0 Å². The molecule has 0 heterocycles. The van der Waals surface area contributed by atoms with Crippen molar-refractivity contribution < 1.29 is 0 Å². The summed E-state index contributed by atoms with van der Waals surface area (Å²) in [5, 5.41) is 0.761. The lowest BCUT2D eigenvalue weighted by Crippen LogP contribution is -2.45. The minimum Gasteiger partial charge on any atom is -0.410 e. The number of hydrogen-bond acceptors (Lipinski definition) is 2. The van der Waals surface area contributed by atoms with Crippen LogP contribution in [-0.4, -0.2) is 15.5 Å². The van der Waals surface area contributed by atoms with E-state index in [9.17, 15) is 0 Å². The Bertz CT molecular complexity index is 446. The molecule has 0 unspecified atom stereocenters. The first kappa shape index (κ1) is 19.8. The van der Waals surface area contributed by atoms with Gasteiger partial charge in [-0.3, -0.25) is 0 Å². The van der Waals surface area contributed by atoms with Gasteiger partial charge in [-0.15, -0.1) is 0 Å². The molecule has 0 aliphatic heterocycles. The molecule has 126 valence electrons. The molecule has 1 N–H and O–H groups in total. The van der Waals surface area contributed by atoms with Crippen LogP contribution in [0, 0.1) is 0 Å². The van der Waals surface area contributed by atoms with Gasteiger partial charge in [0.1, 0.15) is 7.22 Å². The van der Waals surface area contributed by atoms with Gasteiger partial charge in [-0.2, -0.15) is 11.2 Å². The summed E-state index contributed by atoms with van der Waals surface area (Å²) in [5.74, 6) is 0. The molecule has 0 aliphatic carbocycles. The predicted octanol–water partition coefficient (Wildman–Crippen LogP) is 7.20. The van der Waals surface area contributed by atoms with Crippen molar-refractivity contribution in [1.29, 1.82) is 0 Å². The molecule has 0 saturated heterocycles. The van der Waals surface area contributed by atoms with Crippen LogP contribution in [0.25, 0.3) is 0 Å². The van der Waals surface area contributed by atoms with Crippen LogP contribution >= 0.6 is 11.2 Å². The Morgan fingerprint density at radius 1 is 0.773 bits per heavy atom. The molecule has 0 radical (unpaired) electrons. The highest BCUT2D eigenvalue weighted by Crippen LogP contribution is 2.46. The van der Waals surface area contributed by atoms with Crippen LogP contribution in [0.1, 0.15) is 41.5 Å². The average Bonchev–Trinajstić information content (AvgIpc) is 2.28. The number of benzene rings is 1. The largest absolute Gasteiger partial charge is 0.410 e. The molecule has 0 aliphatic rings. The van der Waals surface area contributed by atoms with E-state index in [1.165, 1.54) is 10.6 Å². The maximum atomic E-state index is 3.82. The van der Waals surface area contributed by atoms with E-state index < -0.39 is 15.5 Å². The van der Waals surface area contributed by atoms with Crippen LogP contribution in [0.5, 0.6) is 0 Å². The lowest BCUT2D eigenvalue weighted by molar-refractivity contribution is 0.723. The molecule has 0 amide bonds. The molecule has 22 heavy (non-hydrogen) atoms. The summed E-state index contributed by atoms with van der Waals surface area (Å²) in [5.41, 5.74) is 1.27. The van der Waals surface area contributed by atoms with Gasteiger partial charge in [0, 0.05) is 10.6 Å². The van der Waals surface area contributed by atoms with Gasteiger partial charge in [0.2, 0.25) is 0 Å². The molecule has 4 heteroatoms. The number of anilines is 1. The van der Waals surface area contributed by atoms with Crippen molar-refractivity contribution in [2.45, 2.75) is 82.7 Å². The van der Waals surface area contributed by atoms with E-state index in [0.717, 1.165) is 0 Å². The molecular weight excluding hydrogens is 318 g/mol. The van der Waals surface area contributed by atoms with E-state index in [4.69, 9.17) is 0 Å². The number of nitrogens with one attached hydrogen (secondary N) is 1. The van der Waals surface area contributed by atoms with Crippen LogP contribution in [0.3, 0.4) is 0 Å². The fraction of sp³-hybridized carbons (Fsp3) is 0.667. The second-order valence-corrected chi connectivity index (χ2v) is 23.3. The Morgan fingerprint density at radius 2 is 1.23 bits per heavy atom. The smallest absolute Gasteiger partial charge is 0.152 e. The summed E-state index contributed by atoms with van der Waals surface area (Å²) in [6.45, 7) is 23.9. The first-order valence-electron chi connectivity index (χ1n) is 8.23. The van der Waals surface area contributed by atoms with Crippen LogP contribution in [0.2, 0.25) is 36.3 Å². The summed E-state index contributed by atoms with van der Waals surface area (Å²) in [4.78, 5) is 5.23. The van der Waals surface area contributed by atoms with Crippen molar-refractivity contribution in [3.05, 3.63) is 24.3 Å². The molecule has 1 rings (SSSR count). The minimum absolute atomic E-state index is 0.349. The second kappa shape index (κ2) is 6.36. The lowest BCUT2D eigenvalue weighted by Gasteiger charge is -2.38. The van der Waals surface area contributed by atoms with E-state index in [-0.39, 0.29) is 0 Å². The summed E-state index contributed by atoms with van der Waals surface area (Å²) >= 11 is 2.11. The third-order valence-electron chi connectivity index (χ3n) is 5.37. The summed E-state index contributed by atoms with van der Waals surface area (Å²) in [6, 6.07) is 9.10. The highest BCUT2D eigenvalue weighted by molar-refractivity contribution is 8.29. The molecular formula is C18H35NSSi2. The topological polar surface area (TPSA) is 12.0 Å². The summed E-state index contributed by atoms with van der Waals surface area (Å²) in [7, 11) is -2.82. The number of rotatable bonds is 4. The summed E-state index contributed by atoms with van der Waals surface area (Å²) < 4.78 is 0. The zero-order valence-electron chi connectivity index (χ0n) is 16.2. The SMILES string of the molecule is CC(C)(C)[Si](C)(C)Nc1ccc(S[Si](C)(C)C(C)(C)C)cc1. The van der Waals surface area contributed by atoms with Crippen molar-refractivity contribution in [1.82, 2.24) is 0 Å². The van der Waals surface area contributed by atoms with E-state index in [0.29, 0.717) is 10.1 Å². The Morgan fingerprint density at radius 3 is 1.59 bits per heavy atom. The van der Waals surface area contributed by atoms with Gasteiger partial charge in [-0.05, 0) is 34.3 Å². The molecule has 0 aromatic heterocycles. The number of hydrogen-bond donors (Lipinski definition) is 1. The fourth-order valence-corrected chi connectivity index (χ4v) is 7.13. The Labute approximate surface area is 144 Å². The van der Waals surface area contributed by atoms with Gasteiger partial charge in [-0.1, -0.05) is 67.7 Å². The van der Waals surface area contributed by atoms with E-state index in [1.807, 2.05) is 0 Å². The minimum atomic E-state index is -1.49. The van der Waals surface area contributed by atoms with Crippen molar-refractivity contribution in [3.8, 4) is 0 Å². The quantitative estimate of drug-likeness (QED) is 0.574. The van der Waals surface area contributed by atoms with Crippen LogP contribution in [0.15, 0.2) is 29.2 Å². The summed E-state index contributed by atoms with van der Waals surface area (Å²) in [6.07, 6.45) is 0. The van der Waals surface area contributed by atoms with Crippen LogP contribution in [0.4, 0.5) is 5.69 Å². The normalized spacial score (nSPS) is 14.1. The van der Waals surface area contributed by atoms with Gasteiger partial charge < -0.3 is 4.98 Å². The van der Waals surface area contributed by atoms with Gasteiger partial charge >= 0.3 is 0 Å². The Kier molecular flexibility index (Phi) is 5.74. The third kappa shape index (κ3) is 4.90. The second-order valence-electron chi connectivity index (χ2n) is 9.39. The van der Waals surface area contributed by atoms with Crippen LogP contribution < -0.4 is 4.98 Å². The van der Waals surface area contributed by atoms with Crippen molar-refractivity contribution in [2.24, 2.45) is 0 Å². The van der Waals surface area contributed by atoms with Crippen molar-refractivity contribution >= 4 is 32.4 Å². The first-order chi connectivity index (χ1) is 9.66. The molecule has 1 nitrogen and oxygen atoms in total. The molecule has 0 fully saturated rings. The first-order valence-corrected chi connectivity index (χ1v) is 15.8. The standard InChI is InChI=1S/C18H35NSSi2/c1-17(2,3)21(7,8)19-15-11-13-16(14-12-15)20-22(9,10)18(4,5)6/h11-14,19H,1-10H3. The monoisotopic (exact) mass is 353 g/mol. The average molecular weight is 354 g/mol. The zero-order chi connectivity index (χ0) is 17.4. The maximum absolute atomic E-state index is 3.82. The highest BCUT2D eigenvalue weighted by Gasteiger charge is 2.37. The van der Waals surface area contributed by atoms with Gasteiger partial charge in [0.15, 0.2) is 8.24 Å². The Balaban J connectivity index is 2.85. The molecule has 0 saturated carbocycles. The molecule has 1 aromatic rings. The van der Waals surface area contributed by atoms with Crippen molar-refractivity contribution in [2.75, 3.05) is 4.98 Å². The van der Waals surface area contributed by atoms with E-state index in [2.05, 4.69) is 108 Å². The maximum Gasteiger partial charge on any atom is 0.152 e. The van der Waals surface area contributed by atoms with Gasteiger partial charge in [0.05, 0.1) is 0 Å². The molecule has 0 spiro atoms. The fourth-order valence-electron chi connectivity index (χ4n) is 1.60. The van der Waals surface area contributed by atoms with Gasteiger partial charge in [-0.25, -0.2) is 0 Å². The highest BCUT2D eigenvalue weighted by atomic mass is 32.4. The van der Waals surface area contributed by atoms with E-state index >= 15 is 0 Å². The van der Waals surface area contributed by atoms with Gasteiger partial charge in [0.25, 0.3) is 0 Å². The molecule has 1 aromatic carbocycles. The zero-order valence-corrected chi connectivity index (χ0v) is 19.0. The molecule has 0 bridgehead atoms.